The molecule has 4 nitrogen and oxygen atoms in total. The minimum Gasteiger partial charge on any atom is -0.332 e. The van der Waals surface area contributed by atoms with Gasteiger partial charge in [0, 0.05) is 25.9 Å². The van der Waals surface area contributed by atoms with Crippen LogP contribution in [0.25, 0.3) is 0 Å². The molecule has 0 atom stereocenters. The molecule has 0 spiro atoms. The fourth-order valence-corrected chi connectivity index (χ4v) is 4.27. The molecule has 2 aliphatic rings. The molecule has 0 aliphatic carbocycles. The van der Waals surface area contributed by atoms with Crippen LogP contribution >= 0.6 is 0 Å². The Balaban J connectivity index is 1.85. The number of nitrogens with one attached hydrogen (secondary N) is 1. The highest BCUT2D eigenvalue weighted by Crippen LogP contribution is 2.13. The standard InChI is InChI=1S/C12H24N2O2S/c1-2-17(15,16)14-10-6-12(7-11-14)13-8-4-3-5-9-13/h12H,2-11H2,1H3/p+1. The van der Waals surface area contributed by atoms with E-state index in [9.17, 15) is 8.42 Å². The topological polar surface area (TPSA) is 41.8 Å². The van der Waals surface area contributed by atoms with Crippen molar-refractivity contribution in [3.63, 3.8) is 0 Å². The lowest BCUT2D eigenvalue weighted by Crippen LogP contribution is -3.16. The van der Waals surface area contributed by atoms with Gasteiger partial charge in [0.05, 0.1) is 24.9 Å². The van der Waals surface area contributed by atoms with E-state index in [1.54, 1.807) is 16.1 Å². The minimum atomic E-state index is -2.95. The molecule has 5 heteroatoms. The molecule has 0 bridgehead atoms. The van der Waals surface area contributed by atoms with Gasteiger partial charge in [-0.1, -0.05) is 0 Å². The largest absolute Gasteiger partial charge is 0.332 e. The first-order valence-corrected chi connectivity index (χ1v) is 8.57. The van der Waals surface area contributed by atoms with E-state index in [1.165, 1.54) is 32.4 Å². The van der Waals surface area contributed by atoms with Gasteiger partial charge in [-0.2, -0.15) is 0 Å². The first kappa shape index (κ1) is 13.3. The van der Waals surface area contributed by atoms with Crippen molar-refractivity contribution in [2.75, 3.05) is 31.9 Å². The van der Waals surface area contributed by atoms with E-state index < -0.39 is 10.0 Å². The van der Waals surface area contributed by atoms with Crippen molar-refractivity contribution in [1.82, 2.24) is 4.31 Å². The Morgan fingerprint density at radius 2 is 1.71 bits per heavy atom. The fraction of sp³-hybridized carbons (Fsp3) is 1.00. The van der Waals surface area contributed by atoms with Gasteiger partial charge in [-0.3, -0.25) is 0 Å². The van der Waals surface area contributed by atoms with Gasteiger partial charge in [-0.25, -0.2) is 12.7 Å². The van der Waals surface area contributed by atoms with Crippen LogP contribution < -0.4 is 4.90 Å². The molecule has 0 aromatic rings. The van der Waals surface area contributed by atoms with Crippen LogP contribution in [0.5, 0.6) is 0 Å². The van der Waals surface area contributed by atoms with Gasteiger partial charge in [-0.05, 0) is 26.2 Å². The first-order valence-electron chi connectivity index (χ1n) is 6.96. The number of quaternary nitrogens is 1. The Labute approximate surface area is 105 Å². The lowest BCUT2D eigenvalue weighted by Gasteiger charge is -2.37. The van der Waals surface area contributed by atoms with Crippen molar-refractivity contribution in [2.24, 2.45) is 0 Å². The average Bonchev–Trinajstić information content (AvgIpc) is 2.40. The lowest BCUT2D eigenvalue weighted by molar-refractivity contribution is -0.931. The van der Waals surface area contributed by atoms with Crippen LogP contribution in [0.4, 0.5) is 0 Å². The Hall–Kier alpha value is -0.130. The minimum absolute atomic E-state index is 0.244. The maximum absolute atomic E-state index is 11.8. The highest BCUT2D eigenvalue weighted by molar-refractivity contribution is 7.89. The molecule has 0 amide bonds. The number of hydrogen-bond donors (Lipinski definition) is 1. The van der Waals surface area contributed by atoms with E-state index in [-0.39, 0.29) is 5.75 Å². The summed E-state index contributed by atoms with van der Waals surface area (Å²) in [5.74, 6) is 0.244. The van der Waals surface area contributed by atoms with E-state index >= 15 is 0 Å². The number of likely N-dealkylation sites (tertiary alicyclic amines) is 1. The summed E-state index contributed by atoms with van der Waals surface area (Å²) in [4.78, 5) is 1.73. The number of sulfonamides is 1. The highest BCUT2D eigenvalue weighted by Gasteiger charge is 2.32. The molecule has 2 heterocycles. The van der Waals surface area contributed by atoms with Crippen LogP contribution in [0.15, 0.2) is 0 Å². The number of rotatable bonds is 3. The molecule has 17 heavy (non-hydrogen) atoms. The molecule has 0 unspecified atom stereocenters. The number of piperidine rings is 2. The van der Waals surface area contributed by atoms with Gasteiger partial charge >= 0.3 is 0 Å². The van der Waals surface area contributed by atoms with Crippen LogP contribution in [0.1, 0.15) is 39.0 Å². The molecule has 2 fully saturated rings. The van der Waals surface area contributed by atoms with Crippen LogP contribution in [0.2, 0.25) is 0 Å². The summed E-state index contributed by atoms with van der Waals surface area (Å²) in [6.45, 7) is 5.81. The van der Waals surface area contributed by atoms with Crippen molar-refractivity contribution in [2.45, 2.75) is 45.1 Å². The normalized spacial score (nSPS) is 26.2. The molecule has 1 N–H and O–H groups in total. The molecule has 0 saturated carbocycles. The second-order valence-corrected chi connectivity index (χ2v) is 7.55. The highest BCUT2D eigenvalue weighted by atomic mass is 32.2. The van der Waals surface area contributed by atoms with Gasteiger partial charge in [0.2, 0.25) is 10.0 Å². The molecule has 2 aliphatic heterocycles. The first-order chi connectivity index (χ1) is 8.13. The van der Waals surface area contributed by atoms with E-state index in [1.807, 2.05) is 0 Å². The molecule has 0 aromatic carbocycles. The second-order valence-electron chi connectivity index (χ2n) is 5.29. The third kappa shape index (κ3) is 3.20. The molecule has 2 saturated heterocycles. The Morgan fingerprint density at radius 1 is 1.12 bits per heavy atom. The predicted molar refractivity (Wildman–Crippen MR) is 68.6 cm³/mol. The van der Waals surface area contributed by atoms with Gasteiger partial charge in [0.1, 0.15) is 0 Å². The number of nitrogens with zero attached hydrogens (tertiary/aromatic N) is 1. The quantitative estimate of drug-likeness (QED) is 0.769. The summed E-state index contributed by atoms with van der Waals surface area (Å²) in [5, 5.41) is 0. The van der Waals surface area contributed by atoms with Crippen molar-refractivity contribution < 1.29 is 13.3 Å². The summed E-state index contributed by atoms with van der Waals surface area (Å²) in [6.07, 6.45) is 6.18. The summed E-state index contributed by atoms with van der Waals surface area (Å²) < 4.78 is 25.2. The van der Waals surface area contributed by atoms with Crippen LogP contribution in [0, 0.1) is 0 Å². The number of hydrogen-bond acceptors (Lipinski definition) is 2. The van der Waals surface area contributed by atoms with Crippen molar-refractivity contribution in [3.8, 4) is 0 Å². The maximum Gasteiger partial charge on any atom is 0.213 e. The second kappa shape index (κ2) is 5.67. The van der Waals surface area contributed by atoms with Gasteiger partial charge in [0.15, 0.2) is 0 Å². The fourth-order valence-electron chi connectivity index (χ4n) is 3.14. The van der Waals surface area contributed by atoms with Crippen molar-refractivity contribution >= 4 is 10.0 Å². The zero-order chi connectivity index (χ0) is 12.3. The molecule has 0 radical (unpaired) electrons. The molecular weight excluding hydrogens is 236 g/mol. The third-order valence-corrected chi connectivity index (χ3v) is 6.17. The van der Waals surface area contributed by atoms with Crippen molar-refractivity contribution in [1.29, 1.82) is 0 Å². The van der Waals surface area contributed by atoms with Crippen LogP contribution in [0.3, 0.4) is 0 Å². The zero-order valence-electron chi connectivity index (χ0n) is 10.8. The van der Waals surface area contributed by atoms with Gasteiger partial charge in [0.25, 0.3) is 0 Å². The SMILES string of the molecule is CCS(=O)(=O)N1CCC([NH+]2CCCCC2)CC1. The van der Waals surface area contributed by atoms with Crippen LogP contribution in [-0.4, -0.2) is 50.7 Å². The smallest absolute Gasteiger partial charge is 0.213 e. The molecule has 2 rings (SSSR count). The van der Waals surface area contributed by atoms with Gasteiger partial charge < -0.3 is 4.90 Å². The van der Waals surface area contributed by atoms with Crippen LogP contribution in [-0.2, 0) is 10.0 Å². The van der Waals surface area contributed by atoms with E-state index in [4.69, 9.17) is 0 Å². The summed E-state index contributed by atoms with van der Waals surface area (Å²) in [6, 6.07) is 0.707. The summed E-state index contributed by atoms with van der Waals surface area (Å²) >= 11 is 0. The van der Waals surface area contributed by atoms with Gasteiger partial charge in [-0.15, -0.1) is 0 Å². The van der Waals surface area contributed by atoms with E-state index in [2.05, 4.69) is 0 Å². The predicted octanol–water partition coefficient (Wildman–Crippen LogP) is -0.131. The van der Waals surface area contributed by atoms with Crippen molar-refractivity contribution in [3.05, 3.63) is 0 Å². The molecule has 100 valence electrons. The third-order valence-electron chi connectivity index (χ3n) is 4.29. The monoisotopic (exact) mass is 261 g/mol. The average molecular weight is 261 g/mol. The van der Waals surface area contributed by atoms with E-state index in [0.29, 0.717) is 6.04 Å². The summed E-state index contributed by atoms with van der Waals surface area (Å²) in [5.41, 5.74) is 0. The zero-order valence-corrected chi connectivity index (χ0v) is 11.6. The maximum atomic E-state index is 11.8. The Bertz CT molecular complexity index is 328. The summed E-state index contributed by atoms with van der Waals surface area (Å²) in [7, 11) is -2.95. The molecule has 0 aromatic heterocycles. The van der Waals surface area contributed by atoms with E-state index in [0.717, 1.165) is 25.9 Å². The Morgan fingerprint density at radius 3 is 2.24 bits per heavy atom. The molecular formula is C12H25N2O2S+. The Kier molecular flexibility index (Phi) is 4.44. The lowest BCUT2D eigenvalue weighted by atomic mass is 10.0.